The summed E-state index contributed by atoms with van der Waals surface area (Å²) in [5, 5.41) is 4.33. The lowest BCUT2D eigenvalue weighted by Gasteiger charge is -2.58. The van der Waals surface area contributed by atoms with Crippen molar-refractivity contribution in [2.75, 3.05) is 27.7 Å². The Morgan fingerprint density at radius 3 is 2.55 bits per heavy atom. The average Bonchev–Trinajstić information content (AvgIpc) is 3.02. The molecule has 0 amide bonds. The van der Waals surface area contributed by atoms with Crippen molar-refractivity contribution in [1.29, 1.82) is 0 Å². The fourth-order valence-corrected chi connectivity index (χ4v) is 7.85. The van der Waals surface area contributed by atoms with Gasteiger partial charge in [-0.05, 0) is 86.5 Å². The standard InChI is InChI=1S/C26H41N2O3/c1-17(27-31-24(30)16-28(4,5)6)21-9-10-22-20-8-7-18-15-19(29)11-13-25(18,2)23(20)12-14-26(21,22)3/h15,20-23H,7-14,16H2,1-6H3/q+1/b27-17+/t20-,21+,22-,23-,25-,26+/m0/s1. The summed E-state index contributed by atoms with van der Waals surface area (Å²) < 4.78 is 0.542. The zero-order valence-corrected chi connectivity index (χ0v) is 20.4. The summed E-state index contributed by atoms with van der Waals surface area (Å²) in [6.45, 7) is 7.29. The Morgan fingerprint density at radius 2 is 1.84 bits per heavy atom. The molecule has 4 aliphatic rings. The Labute approximate surface area is 187 Å². The van der Waals surface area contributed by atoms with E-state index in [9.17, 15) is 9.59 Å². The lowest BCUT2D eigenvalue weighted by molar-refractivity contribution is -0.862. The molecule has 0 heterocycles. The smallest absolute Gasteiger partial charge is 0.322 e. The predicted molar refractivity (Wildman–Crippen MR) is 122 cm³/mol. The second kappa shape index (κ2) is 7.83. The second-order valence-corrected chi connectivity index (χ2v) is 12.3. The highest BCUT2D eigenvalue weighted by Crippen LogP contribution is 2.66. The SMILES string of the molecule is C/C(=N\OC(=O)C[N+](C)(C)C)[C@H]1CC[C@H]2[C@@H]3CCC4=CC(=O)CC[C@]4(C)[C@H]3CC[C@]12C. The first-order chi connectivity index (χ1) is 14.4. The molecule has 5 nitrogen and oxygen atoms in total. The maximum Gasteiger partial charge on any atom is 0.388 e. The van der Waals surface area contributed by atoms with E-state index in [0.29, 0.717) is 34.6 Å². The van der Waals surface area contributed by atoms with Crippen LogP contribution in [0.5, 0.6) is 0 Å². The van der Waals surface area contributed by atoms with Crippen LogP contribution in [0.2, 0.25) is 0 Å². The molecule has 0 aromatic carbocycles. The predicted octanol–water partition coefficient (Wildman–Crippen LogP) is 4.76. The normalized spacial score (nSPS) is 40.5. The van der Waals surface area contributed by atoms with Gasteiger partial charge in [0.2, 0.25) is 0 Å². The van der Waals surface area contributed by atoms with E-state index in [4.69, 9.17) is 4.84 Å². The highest BCUT2D eigenvalue weighted by Gasteiger charge is 2.59. The molecule has 0 bridgehead atoms. The summed E-state index contributed by atoms with van der Waals surface area (Å²) in [7, 11) is 5.94. The number of ketones is 1. The van der Waals surface area contributed by atoms with Crippen molar-refractivity contribution in [2.45, 2.75) is 72.1 Å². The van der Waals surface area contributed by atoms with E-state index in [1.165, 1.54) is 31.3 Å². The molecular weight excluding hydrogens is 388 g/mol. The summed E-state index contributed by atoms with van der Waals surface area (Å²) in [5.41, 5.74) is 2.89. The van der Waals surface area contributed by atoms with Crippen molar-refractivity contribution in [3.63, 3.8) is 0 Å². The van der Waals surface area contributed by atoms with Crippen molar-refractivity contribution in [3.05, 3.63) is 11.6 Å². The Hall–Kier alpha value is -1.49. The van der Waals surface area contributed by atoms with Gasteiger partial charge in [0.1, 0.15) is 0 Å². The number of allylic oxidation sites excluding steroid dienone is 1. The molecule has 5 heteroatoms. The second-order valence-electron chi connectivity index (χ2n) is 12.3. The molecule has 0 aliphatic heterocycles. The van der Waals surface area contributed by atoms with Crippen LogP contribution < -0.4 is 0 Å². The van der Waals surface area contributed by atoms with Gasteiger partial charge in [0.15, 0.2) is 12.3 Å². The van der Waals surface area contributed by atoms with E-state index in [1.807, 2.05) is 27.2 Å². The minimum atomic E-state index is -0.262. The molecule has 6 atom stereocenters. The molecule has 0 N–H and O–H groups in total. The lowest BCUT2D eigenvalue weighted by atomic mass is 9.46. The Kier molecular flexibility index (Phi) is 5.73. The highest BCUT2D eigenvalue weighted by molar-refractivity contribution is 5.91. The quantitative estimate of drug-likeness (QED) is 0.280. The molecule has 0 spiro atoms. The summed E-state index contributed by atoms with van der Waals surface area (Å²) in [5.74, 6) is 2.62. The Morgan fingerprint density at radius 1 is 1.10 bits per heavy atom. The molecule has 3 saturated carbocycles. The lowest BCUT2D eigenvalue weighted by Crippen LogP contribution is -2.51. The number of quaternary nitrogens is 1. The van der Waals surface area contributed by atoms with Crippen LogP contribution in [0.1, 0.15) is 72.1 Å². The van der Waals surface area contributed by atoms with Crippen LogP contribution in [0.25, 0.3) is 0 Å². The van der Waals surface area contributed by atoms with Crippen LogP contribution in [0.15, 0.2) is 16.8 Å². The Balaban J connectivity index is 1.50. The number of oxime groups is 1. The van der Waals surface area contributed by atoms with Gasteiger partial charge in [0.05, 0.1) is 26.9 Å². The molecule has 3 fully saturated rings. The summed E-state index contributed by atoms with van der Waals surface area (Å²) >= 11 is 0. The van der Waals surface area contributed by atoms with Crippen LogP contribution in [0.3, 0.4) is 0 Å². The van der Waals surface area contributed by atoms with Crippen LogP contribution in [0.4, 0.5) is 0 Å². The molecular formula is C26H41N2O3+. The third kappa shape index (κ3) is 4.03. The largest absolute Gasteiger partial charge is 0.388 e. The van der Waals surface area contributed by atoms with Gasteiger partial charge in [0.25, 0.3) is 0 Å². The zero-order valence-electron chi connectivity index (χ0n) is 20.4. The number of carbonyl (C=O) groups excluding carboxylic acids is 2. The molecule has 31 heavy (non-hydrogen) atoms. The van der Waals surface area contributed by atoms with Gasteiger partial charge in [-0.1, -0.05) is 24.6 Å². The zero-order chi connectivity index (χ0) is 22.6. The molecule has 4 rings (SSSR count). The maximum atomic E-state index is 12.1. The minimum absolute atomic E-state index is 0.222. The number of fused-ring (bicyclic) bond motifs is 5. The first kappa shape index (κ1) is 22.7. The Bertz CT molecular complexity index is 823. The molecule has 4 aliphatic carbocycles. The summed E-state index contributed by atoms with van der Waals surface area (Å²) in [4.78, 5) is 29.5. The molecule has 0 radical (unpaired) electrons. The van der Waals surface area contributed by atoms with Crippen molar-refractivity contribution >= 4 is 17.5 Å². The first-order valence-electron chi connectivity index (χ1n) is 12.2. The summed E-state index contributed by atoms with van der Waals surface area (Å²) in [6.07, 6.45) is 10.9. The highest BCUT2D eigenvalue weighted by atomic mass is 16.7. The van der Waals surface area contributed by atoms with Crippen LogP contribution >= 0.6 is 0 Å². The van der Waals surface area contributed by atoms with Crippen molar-refractivity contribution in [2.24, 2.45) is 39.7 Å². The number of carbonyl (C=O) groups is 2. The first-order valence-corrected chi connectivity index (χ1v) is 12.2. The van der Waals surface area contributed by atoms with Crippen LogP contribution in [-0.4, -0.2) is 49.6 Å². The molecule has 0 unspecified atom stereocenters. The van der Waals surface area contributed by atoms with Crippen molar-refractivity contribution in [1.82, 2.24) is 0 Å². The van der Waals surface area contributed by atoms with E-state index in [0.717, 1.165) is 37.3 Å². The van der Waals surface area contributed by atoms with Gasteiger partial charge >= 0.3 is 5.97 Å². The molecule has 0 aromatic heterocycles. The number of rotatable bonds is 4. The van der Waals surface area contributed by atoms with Crippen molar-refractivity contribution < 1.29 is 18.9 Å². The van der Waals surface area contributed by atoms with Gasteiger partial charge in [-0.2, -0.15) is 0 Å². The van der Waals surface area contributed by atoms with Gasteiger partial charge in [-0.25, -0.2) is 4.79 Å². The van der Waals surface area contributed by atoms with Gasteiger partial charge < -0.3 is 9.32 Å². The van der Waals surface area contributed by atoms with E-state index in [2.05, 4.69) is 25.9 Å². The van der Waals surface area contributed by atoms with Gasteiger partial charge in [-0.3, -0.25) is 4.79 Å². The number of likely N-dealkylation sites (N-methyl/N-ethyl adjacent to an activating group) is 1. The topological polar surface area (TPSA) is 55.7 Å². The van der Waals surface area contributed by atoms with Crippen LogP contribution in [0, 0.1) is 34.5 Å². The van der Waals surface area contributed by atoms with Crippen molar-refractivity contribution in [3.8, 4) is 0 Å². The summed E-state index contributed by atoms with van der Waals surface area (Å²) in [6, 6.07) is 0. The van der Waals surface area contributed by atoms with E-state index < -0.39 is 0 Å². The minimum Gasteiger partial charge on any atom is -0.322 e. The van der Waals surface area contributed by atoms with Gasteiger partial charge in [-0.15, -0.1) is 0 Å². The number of hydrogen-bond acceptors (Lipinski definition) is 4. The third-order valence-corrected chi connectivity index (χ3v) is 9.36. The van der Waals surface area contributed by atoms with E-state index in [1.54, 1.807) is 0 Å². The van der Waals surface area contributed by atoms with Crippen LogP contribution in [-0.2, 0) is 14.4 Å². The van der Waals surface area contributed by atoms with E-state index >= 15 is 0 Å². The fraction of sp³-hybridized carbons (Fsp3) is 0.808. The van der Waals surface area contributed by atoms with E-state index in [-0.39, 0.29) is 16.8 Å². The fourth-order valence-electron chi connectivity index (χ4n) is 7.85. The number of nitrogens with zero attached hydrogens (tertiary/aromatic N) is 2. The number of hydrogen-bond donors (Lipinski definition) is 0. The van der Waals surface area contributed by atoms with Gasteiger partial charge in [0, 0.05) is 12.3 Å². The monoisotopic (exact) mass is 429 g/mol. The maximum absolute atomic E-state index is 12.1. The average molecular weight is 430 g/mol. The third-order valence-electron chi connectivity index (χ3n) is 9.36. The molecule has 172 valence electrons. The molecule has 0 saturated heterocycles. The molecule has 0 aromatic rings.